The molecular weight excluding hydrogens is 1110 g/mol. The molecule has 6 nitrogen and oxygen atoms in total. The maximum Gasteiger partial charge on any atom is 0.225 e. The first-order valence-electron chi connectivity index (χ1n) is 30.5. The molecule has 11 aromatic carbocycles. The van der Waals surface area contributed by atoms with Crippen LogP contribution in [0.5, 0.6) is 11.8 Å². The molecule has 0 amide bonds. The molecule has 0 aliphatic heterocycles. The van der Waals surface area contributed by atoms with E-state index in [1.807, 2.05) is 97.1 Å². The van der Waals surface area contributed by atoms with Crippen molar-refractivity contribution in [3.8, 4) is 157 Å². The second kappa shape index (κ2) is 25.2. The molecule has 0 atom stereocenters. The lowest BCUT2D eigenvalue weighted by atomic mass is 9.86. The molecule has 4 aromatic heterocycles. The van der Waals surface area contributed by atoms with Crippen molar-refractivity contribution in [2.24, 2.45) is 0 Å². The molecule has 0 unspecified atom stereocenters. The molecule has 0 aliphatic rings. The highest BCUT2D eigenvalue weighted by molar-refractivity contribution is 5.95. The molecule has 4 heterocycles. The molecular formula is C85H57N5O. The van der Waals surface area contributed by atoms with Gasteiger partial charge >= 0.3 is 0 Å². The van der Waals surface area contributed by atoms with Crippen molar-refractivity contribution >= 4 is 0 Å². The van der Waals surface area contributed by atoms with Crippen LogP contribution in [0.2, 0.25) is 0 Å². The van der Waals surface area contributed by atoms with Crippen molar-refractivity contribution in [3.63, 3.8) is 0 Å². The van der Waals surface area contributed by atoms with Gasteiger partial charge in [-0.2, -0.15) is 4.98 Å². The molecule has 15 rings (SSSR count). The zero-order chi connectivity index (χ0) is 60.7. The van der Waals surface area contributed by atoms with Gasteiger partial charge < -0.3 is 4.74 Å². The Labute approximate surface area is 529 Å². The smallest absolute Gasteiger partial charge is 0.225 e. The third kappa shape index (κ3) is 12.0. The van der Waals surface area contributed by atoms with Crippen LogP contribution in [0, 0.1) is 0 Å². The van der Waals surface area contributed by atoms with Crippen molar-refractivity contribution in [1.29, 1.82) is 0 Å². The summed E-state index contributed by atoms with van der Waals surface area (Å²) in [6.45, 7) is 0. The Morgan fingerprint density at radius 3 is 0.791 bits per heavy atom. The van der Waals surface area contributed by atoms with E-state index in [-0.39, 0.29) is 0 Å². The van der Waals surface area contributed by atoms with Crippen LogP contribution in [0.4, 0.5) is 0 Å². The van der Waals surface area contributed by atoms with Crippen molar-refractivity contribution in [1.82, 2.24) is 24.9 Å². The average molecular weight is 1160 g/mol. The molecule has 0 aliphatic carbocycles. The monoisotopic (exact) mass is 1160 g/mol. The van der Waals surface area contributed by atoms with Gasteiger partial charge in [-0.05, 0) is 115 Å². The highest BCUT2D eigenvalue weighted by Crippen LogP contribution is 2.43. The Hall–Kier alpha value is -12.3. The minimum absolute atomic E-state index is 0.396. The lowest BCUT2D eigenvalue weighted by Gasteiger charge is -2.18. The first-order valence-corrected chi connectivity index (χ1v) is 30.5. The molecule has 6 heteroatoms. The minimum atomic E-state index is 0.396. The van der Waals surface area contributed by atoms with Gasteiger partial charge in [-0.3, -0.25) is 0 Å². The average Bonchev–Trinajstić information content (AvgIpc) is 1.21. The summed E-state index contributed by atoms with van der Waals surface area (Å²) < 4.78 is 6.48. The van der Waals surface area contributed by atoms with Gasteiger partial charge in [0.15, 0.2) is 5.82 Å². The van der Waals surface area contributed by atoms with E-state index in [0.29, 0.717) is 17.6 Å². The molecule has 428 valence electrons. The maximum absolute atomic E-state index is 6.48. The number of aromatic nitrogens is 5. The molecule has 0 radical (unpaired) electrons. The van der Waals surface area contributed by atoms with Gasteiger partial charge in [0, 0.05) is 51.1 Å². The standard InChI is InChI=1S/C85H57N5O/c1-5-22-61(23-6-1)77-36-19-38-79(86-77)65-48-42-58(43-49-65)71-30-13-16-33-74(71)68-54-69(75-34-17-14-31-72(75)59-44-50-66(51-45-59)80-39-20-37-78(87-80)62-24-7-2-8-25-62)56-70(55-68)76-35-18-15-32-73(76)60-46-52-67(53-47-60)85-89-82(64-28-11-4-12-29-64)57-84(90-85)91-83-41-21-40-81(88-83)63-26-9-3-10-27-63/h1-57H. The first-order chi connectivity index (χ1) is 45.1. The fourth-order valence-electron chi connectivity index (χ4n) is 11.9. The Bertz CT molecular complexity index is 4850. The van der Waals surface area contributed by atoms with Crippen LogP contribution in [0.1, 0.15) is 0 Å². The van der Waals surface area contributed by atoms with E-state index in [2.05, 4.69) is 249 Å². The predicted molar refractivity (Wildman–Crippen MR) is 373 cm³/mol. The van der Waals surface area contributed by atoms with E-state index in [1.54, 1.807) is 0 Å². The summed E-state index contributed by atoms with van der Waals surface area (Å²) in [7, 11) is 0. The lowest BCUT2D eigenvalue weighted by Crippen LogP contribution is -1.98. The topological polar surface area (TPSA) is 73.7 Å². The Morgan fingerprint density at radius 2 is 0.429 bits per heavy atom. The summed E-state index contributed by atoms with van der Waals surface area (Å²) in [5.74, 6) is 1.38. The third-order valence-electron chi connectivity index (χ3n) is 16.5. The second-order valence-corrected chi connectivity index (χ2v) is 22.3. The Morgan fingerprint density at radius 1 is 0.154 bits per heavy atom. The van der Waals surface area contributed by atoms with Crippen LogP contribution in [-0.2, 0) is 0 Å². The molecule has 0 saturated heterocycles. The van der Waals surface area contributed by atoms with Gasteiger partial charge in [-0.25, -0.2) is 19.9 Å². The molecule has 0 spiro atoms. The highest BCUT2D eigenvalue weighted by Gasteiger charge is 2.19. The summed E-state index contributed by atoms with van der Waals surface area (Å²) in [5, 5.41) is 0. The van der Waals surface area contributed by atoms with Gasteiger partial charge in [0.2, 0.25) is 11.8 Å². The van der Waals surface area contributed by atoms with E-state index < -0.39 is 0 Å². The van der Waals surface area contributed by atoms with Crippen LogP contribution >= 0.6 is 0 Å². The van der Waals surface area contributed by atoms with Crippen LogP contribution < -0.4 is 4.74 Å². The molecule has 91 heavy (non-hydrogen) atoms. The van der Waals surface area contributed by atoms with Gasteiger partial charge in [0.25, 0.3) is 0 Å². The largest absolute Gasteiger partial charge is 0.421 e. The number of hydrogen-bond donors (Lipinski definition) is 0. The molecule has 0 saturated carbocycles. The van der Waals surface area contributed by atoms with Gasteiger partial charge in [-0.1, -0.05) is 285 Å². The number of benzene rings is 11. The summed E-state index contributed by atoms with van der Waals surface area (Å²) in [4.78, 5) is 25.2. The fourth-order valence-corrected chi connectivity index (χ4v) is 11.9. The summed E-state index contributed by atoms with van der Waals surface area (Å²) in [6.07, 6.45) is 0. The summed E-state index contributed by atoms with van der Waals surface area (Å²) in [6, 6.07) is 120. The Kier molecular flexibility index (Phi) is 15.3. The van der Waals surface area contributed by atoms with Crippen molar-refractivity contribution in [2.75, 3.05) is 0 Å². The number of rotatable bonds is 15. The van der Waals surface area contributed by atoms with Crippen molar-refractivity contribution in [3.05, 3.63) is 346 Å². The van der Waals surface area contributed by atoms with E-state index in [0.717, 1.165) is 140 Å². The van der Waals surface area contributed by atoms with Crippen LogP contribution in [0.3, 0.4) is 0 Å². The minimum Gasteiger partial charge on any atom is -0.421 e. The summed E-state index contributed by atoms with van der Waals surface area (Å²) in [5.41, 5.74) is 25.6. The molecule has 0 bridgehead atoms. The number of pyridine rings is 3. The lowest BCUT2D eigenvalue weighted by molar-refractivity contribution is 0.445. The molecule has 0 N–H and O–H groups in total. The van der Waals surface area contributed by atoms with Crippen molar-refractivity contribution < 1.29 is 4.74 Å². The van der Waals surface area contributed by atoms with Crippen LogP contribution in [0.25, 0.3) is 146 Å². The van der Waals surface area contributed by atoms with E-state index in [9.17, 15) is 0 Å². The van der Waals surface area contributed by atoms with E-state index >= 15 is 0 Å². The first kappa shape index (κ1) is 55.3. The van der Waals surface area contributed by atoms with Crippen LogP contribution in [0.15, 0.2) is 346 Å². The number of hydrogen-bond acceptors (Lipinski definition) is 6. The zero-order valence-electron chi connectivity index (χ0n) is 49.6. The fraction of sp³-hybridized carbons (Fsp3) is 0. The van der Waals surface area contributed by atoms with E-state index in [4.69, 9.17) is 29.7 Å². The summed E-state index contributed by atoms with van der Waals surface area (Å²) >= 11 is 0. The SMILES string of the molecule is c1ccc(-c2cccc(Oc3cc(-c4ccccc4)nc(-c4ccc(-c5ccccc5-c5cc(-c6ccccc6-c6ccc(-c7cccc(-c8ccccc8)n7)cc6)cc(-c6ccccc6-c6ccc(-c7cccc(-c8ccccc8)n7)cc6)c5)cc4)n3)n2)cc1. The quantitative estimate of drug-likeness (QED) is 0.102. The highest BCUT2D eigenvalue weighted by atomic mass is 16.5. The number of nitrogens with zero attached hydrogens (tertiary/aromatic N) is 5. The normalized spacial score (nSPS) is 11.1. The van der Waals surface area contributed by atoms with Gasteiger partial charge in [0.05, 0.1) is 34.2 Å². The molecule has 15 aromatic rings. The predicted octanol–water partition coefficient (Wildman–Crippen LogP) is 22.1. The van der Waals surface area contributed by atoms with Crippen molar-refractivity contribution in [2.45, 2.75) is 0 Å². The Balaban J connectivity index is 0.810. The van der Waals surface area contributed by atoms with Crippen LogP contribution in [-0.4, -0.2) is 24.9 Å². The number of ether oxygens (including phenoxy) is 1. The van der Waals surface area contributed by atoms with Gasteiger partial charge in [0.1, 0.15) is 0 Å². The third-order valence-corrected chi connectivity index (χ3v) is 16.5. The zero-order valence-corrected chi connectivity index (χ0v) is 49.6. The maximum atomic E-state index is 6.48. The molecule has 0 fully saturated rings. The van der Waals surface area contributed by atoms with E-state index in [1.165, 1.54) is 0 Å². The van der Waals surface area contributed by atoms with Gasteiger partial charge in [-0.15, -0.1) is 0 Å². The second-order valence-electron chi connectivity index (χ2n) is 22.3.